The third kappa shape index (κ3) is 2.76. The number of nitrogens with zero attached hydrogens (tertiary/aromatic N) is 2. The van der Waals surface area contributed by atoms with Crippen molar-refractivity contribution in [2.24, 2.45) is 5.92 Å². The van der Waals surface area contributed by atoms with Gasteiger partial charge >= 0.3 is 0 Å². The number of piperazine rings is 1. The molecule has 0 aromatic carbocycles. The molecule has 2 aliphatic rings. The summed E-state index contributed by atoms with van der Waals surface area (Å²) in [6.07, 6.45) is 2.78. The van der Waals surface area contributed by atoms with Crippen LogP contribution in [0.5, 0.6) is 0 Å². The fraction of sp³-hybridized carbons (Fsp3) is 1.00. The zero-order valence-corrected chi connectivity index (χ0v) is 11.1. The Hall–Kier alpha value is -0.120. The first-order chi connectivity index (χ1) is 7.68. The molecule has 3 atom stereocenters. The summed E-state index contributed by atoms with van der Waals surface area (Å²) in [6, 6.07) is 1.41. The summed E-state index contributed by atoms with van der Waals surface area (Å²) in [5, 5.41) is 3.52. The van der Waals surface area contributed by atoms with Gasteiger partial charge in [-0.3, -0.25) is 4.90 Å². The molecule has 2 aliphatic heterocycles. The zero-order valence-electron chi connectivity index (χ0n) is 11.1. The van der Waals surface area contributed by atoms with Crippen molar-refractivity contribution in [3.63, 3.8) is 0 Å². The summed E-state index contributed by atoms with van der Waals surface area (Å²) in [7, 11) is 2.25. The van der Waals surface area contributed by atoms with Crippen molar-refractivity contribution in [2.45, 2.75) is 38.8 Å². The van der Waals surface area contributed by atoms with Crippen molar-refractivity contribution >= 4 is 0 Å². The number of hydrogen-bond donors (Lipinski definition) is 1. The molecule has 0 aromatic heterocycles. The van der Waals surface area contributed by atoms with Gasteiger partial charge in [-0.2, -0.15) is 0 Å². The molecule has 1 N–H and O–H groups in total. The van der Waals surface area contributed by atoms with Gasteiger partial charge in [-0.1, -0.05) is 0 Å². The third-order valence-electron chi connectivity index (χ3n) is 4.60. The lowest BCUT2D eigenvalue weighted by Gasteiger charge is -2.45. The van der Waals surface area contributed by atoms with E-state index in [1.807, 2.05) is 0 Å². The lowest BCUT2D eigenvalue weighted by molar-refractivity contribution is 0.0388. The van der Waals surface area contributed by atoms with Gasteiger partial charge in [-0.25, -0.2) is 0 Å². The second kappa shape index (κ2) is 5.48. The van der Waals surface area contributed by atoms with Gasteiger partial charge in [0, 0.05) is 31.7 Å². The summed E-state index contributed by atoms with van der Waals surface area (Å²) < 4.78 is 0. The number of piperidine rings is 1. The number of rotatable bonds is 2. The Morgan fingerprint density at radius 3 is 2.69 bits per heavy atom. The molecular formula is C13H27N3. The van der Waals surface area contributed by atoms with Gasteiger partial charge in [0.25, 0.3) is 0 Å². The molecule has 2 saturated heterocycles. The van der Waals surface area contributed by atoms with Crippen LogP contribution in [0.4, 0.5) is 0 Å². The summed E-state index contributed by atoms with van der Waals surface area (Å²) >= 11 is 0. The molecule has 3 unspecified atom stereocenters. The maximum absolute atomic E-state index is 3.52. The standard InChI is InChI=1S/C13H27N3/c1-11-12(2)16(8-7-15(11)3)10-13-5-4-6-14-9-13/h11-14H,4-10H2,1-3H3. The van der Waals surface area contributed by atoms with E-state index in [2.05, 4.69) is 36.0 Å². The first-order valence-electron chi connectivity index (χ1n) is 6.83. The van der Waals surface area contributed by atoms with E-state index in [4.69, 9.17) is 0 Å². The highest BCUT2D eigenvalue weighted by Gasteiger charge is 2.29. The third-order valence-corrected chi connectivity index (χ3v) is 4.60. The van der Waals surface area contributed by atoms with Gasteiger partial charge in [-0.05, 0) is 52.7 Å². The number of likely N-dealkylation sites (N-methyl/N-ethyl adjacent to an activating group) is 1. The molecule has 0 aliphatic carbocycles. The molecule has 0 aromatic rings. The lowest BCUT2D eigenvalue weighted by atomic mass is 9.96. The van der Waals surface area contributed by atoms with E-state index in [1.54, 1.807) is 0 Å². The largest absolute Gasteiger partial charge is 0.316 e. The van der Waals surface area contributed by atoms with Crippen LogP contribution in [-0.2, 0) is 0 Å². The minimum atomic E-state index is 0.699. The molecule has 0 saturated carbocycles. The Labute approximate surface area is 100 Å². The summed E-state index contributed by atoms with van der Waals surface area (Å²) in [5.41, 5.74) is 0. The van der Waals surface area contributed by atoms with Crippen molar-refractivity contribution in [2.75, 3.05) is 39.8 Å². The van der Waals surface area contributed by atoms with Crippen molar-refractivity contribution in [3.05, 3.63) is 0 Å². The Morgan fingerprint density at radius 2 is 2.00 bits per heavy atom. The molecule has 0 spiro atoms. The van der Waals surface area contributed by atoms with Gasteiger partial charge in [0.1, 0.15) is 0 Å². The average molecular weight is 225 g/mol. The highest BCUT2D eigenvalue weighted by molar-refractivity contribution is 4.86. The predicted octanol–water partition coefficient (Wildman–Crippen LogP) is 1.01. The highest BCUT2D eigenvalue weighted by atomic mass is 15.3. The SMILES string of the molecule is CC1C(C)N(CC2CCCNC2)CCN1C. The topological polar surface area (TPSA) is 18.5 Å². The van der Waals surface area contributed by atoms with Gasteiger partial charge < -0.3 is 10.2 Å². The maximum atomic E-state index is 3.52. The maximum Gasteiger partial charge on any atom is 0.0221 e. The highest BCUT2D eigenvalue weighted by Crippen LogP contribution is 2.19. The molecule has 3 nitrogen and oxygen atoms in total. The summed E-state index contributed by atoms with van der Waals surface area (Å²) in [4.78, 5) is 5.18. The molecular weight excluding hydrogens is 198 g/mol. The molecule has 2 fully saturated rings. The van der Waals surface area contributed by atoms with Crippen molar-refractivity contribution in [1.82, 2.24) is 15.1 Å². The monoisotopic (exact) mass is 225 g/mol. The van der Waals surface area contributed by atoms with Crippen LogP contribution in [0, 0.1) is 5.92 Å². The zero-order chi connectivity index (χ0) is 11.5. The van der Waals surface area contributed by atoms with Crippen molar-refractivity contribution < 1.29 is 0 Å². The van der Waals surface area contributed by atoms with Crippen LogP contribution in [0.3, 0.4) is 0 Å². The fourth-order valence-electron chi connectivity index (χ4n) is 3.04. The average Bonchev–Trinajstić information content (AvgIpc) is 2.31. The van der Waals surface area contributed by atoms with E-state index >= 15 is 0 Å². The molecule has 2 rings (SSSR count). The van der Waals surface area contributed by atoms with Crippen LogP contribution in [-0.4, -0.2) is 61.7 Å². The van der Waals surface area contributed by atoms with Crippen molar-refractivity contribution in [1.29, 1.82) is 0 Å². The predicted molar refractivity (Wildman–Crippen MR) is 68.7 cm³/mol. The van der Waals surface area contributed by atoms with E-state index in [1.165, 1.54) is 45.6 Å². The van der Waals surface area contributed by atoms with E-state index in [9.17, 15) is 0 Å². The molecule has 0 bridgehead atoms. The Kier molecular flexibility index (Phi) is 4.22. The summed E-state index contributed by atoms with van der Waals surface area (Å²) in [6.45, 7) is 11.0. The van der Waals surface area contributed by atoms with Gasteiger partial charge in [0.2, 0.25) is 0 Å². The lowest BCUT2D eigenvalue weighted by Crippen LogP contribution is -2.57. The molecule has 94 valence electrons. The quantitative estimate of drug-likeness (QED) is 0.757. The van der Waals surface area contributed by atoms with E-state index in [-0.39, 0.29) is 0 Å². The van der Waals surface area contributed by atoms with Gasteiger partial charge in [0.15, 0.2) is 0 Å². The number of nitrogens with one attached hydrogen (secondary N) is 1. The Morgan fingerprint density at radius 1 is 1.19 bits per heavy atom. The van der Waals surface area contributed by atoms with Crippen LogP contribution in [0.15, 0.2) is 0 Å². The molecule has 0 radical (unpaired) electrons. The van der Waals surface area contributed by atoms with Crippen LogP contribution in [0.25, 0.3) is 0 Å². The minimum Gasteiger partial charge on any atom is -0.316 e. The Balaban J connectivity index is 1.84. The first-order valence-corrected chi connectivity index (χ1v) is 6.83. The van der Waals surface area contributed by atoms with Crippen LogP contribution >= 0.6 is 0 Å². The van der Waals surface area contributed by atoms with E-state index in [0.717, 1.165) is 5.92 Å². The van der Waals surface area contributed by atoms with E-state index in [0.29, 0.717) is 12.1 Å². The molecule has 0 amide bonds. The minimum absolute atomic E-state index is 0.699. The van der Waals surface area contributed by atoms with Crippen LogP contribution in [0.2, 0.25) is 0 Å². The molecule has 16 heavy (non-hydrogen) atoms. The summed E-state index contributed by atoms with van der Waals surface area (Å²) in [5.74, 6) is 0.881. The van der Waals surface area contributed by atoms with Crippen LogP contribution < -0.4 is 5.32 Å². The second-order valence-electron chi connectivity index (χ2n) is 5.67. The second-order valence-corrected chi connectivity index (χ2v) is 5.67. The smallest absolute Gasteiger partial charge is 0.0221 e. The van der Waals surface area contributed by atoms with Crippen LogP contribution in [0.1, 0.15) is 26.7 Å². The fourth-order valence-corrected chi connectivity index (χ4v) is 3.04. The normalized spacial score (nSPS) is 38.8. The van der Waals surface area contributed by atoms with Gasteiger partial charge in [0.05, 0.1) is 0 Å². The van der Waals surface area contributed by atoms with Crippen molar-refractivity contribution in [3.8, 4) is 0 Å². The number of hydrogen-bond acceptors (Lipinski definition) is 3. The van der Waals surface area contributed by atoms with E-state index < -0.39 is 0 Å². The Bertz CT molecular complexity index is 213. The first kappa shape index (κ1) is 12.3. The molecule has 3 heteroatoms. The van der Waals surface area contributed by atoms with Gasteiger partial charge in [-0.15, -0.1) is 0 Å². The molecule has 2 heterocycles.